The molecule has 1 N–H and O–H groups in total. The highest BCUT2D eigenvalue weighted by atomic mass is 19.1. The van der Waals surface area contributed by atoms with Crippen LogP contribution in [-0.2, 0) is 11.2 Å². The molecule has 0 spiro atoms. The Morgan fingerprint density at radius 2 is 1.84 bits per heavy atom. The number of hydrogen-bond donors (Lipinski definition) is 1. The Bertz CT molecular complexity index is 403. The van der Waals surface area contributed by atoms with Crippen LogP contribution >= 0.6 is 0 Å². The predicted molar refractivity (Wildman–Crippen MR) is 71.0 cm³/mol. The first-order chi connectivity index (χ1) is 8.99. The van der Waals surface area contributed by atoms with E-state index in [0.717, 1.165) is 6.07 Å². The predicted octanol–water partition coefficient (Wildman–Crippen LogP) is 3.46. The Balaban J connectivity index is 2.89. The lowest BCUT2D eigenvalue weighted by Gasteiger charge is -2.36. The Labute approximate surface area is 113 Å². The van der Waals surface area contributed by atoms with Gasteiger partial charge in [0.1, 0.15) is 11.6 Å². The van der Waals surface area contributed by atoms with Crippen LogP contribution in [0.2, 0.25) is 0 Å². The van der Waals surface area contributed by atoms with E-state index in [4.69, 9.17) is 4.74 Å². The van der Waals surface area contributed by atoms with E-state index in [1.807, 2.05) is 20.8 Å². The van der Waals surface area contributed by atoms with Gasteiger partial charge in [-0.3, -0.25) is 0 Å². The van der Waals surface area contributed by atoms with Crippen molar-refractivity contribution in [2.45, 2.75) is 51.7 Å². The Hall–Kier alpha value is -1.00. The average Bonchev–Trinajstić information content (AvgIpc) is 2.39. The molecular formula is C15H22F2O2. The van der Waals surface area contributed by atoms with Crippen molar-refractivity contribution in [3.63, 3.8) is 0 Å². The highest BCUT2D eigenvalue weighted by molar-refractivity contribution is 5.20. The summed E-state index contributed by atoms with van der Waals surface area (Å²) in [6.07, 6.45) is 0.582. The number of benzene rings is 1. The van der Waals surface area contributed by atoms with Gasteiger partial charge in [-0.2, -0.15) is 0 Å². The zero-order valence-corrected chi connectivity index (χ0v) is 11.7. The van der Waals surface area contributed by atoms with E-state index < -0.39 is 23.3 Å². The largest absolute Gasteiger partial charge is 0.390 e. The van der Waals surface area contributed by atoms with Gasteiger partial charge < -0.3 is 9.84 Å². The molecule has 0 bridgehead atoms. The molecule has 0 aromatic heterocycles. The normalized spacial score (nSPS) is 13.6. The van der Waals surface area contributed by atoms with Crippen LogP contribution < -0.4 is 0 Å². The van der Waals surface area contributed by atoms with Gasteiger partial charge in [0.05, 0.1) is 11.7 Å². The van der Waals surface area contributed by atoms with Gasteiger partial charge in [-0.05, 0) is 31.4 Å². The van der Waals surface area contributed by atoms with Crippen LogP contribution in [0.4, 0.5) is 8.78 Å². The molecule has 1 atom stereocenters. The van der Waals surface area contributed by atoms with Gasteiger partial charge in [0.25, 0.3) is 0 Å². The van der Waals surface area contributed by atoms with E-state index in [9.17, 15) is 13.9 Å². The van der Waals surface area contributed by atoms with Gasteiger partial charge in [0, 0.05) is 19.1 Å². The van der Waals surface area contributed by atoms with Gasteiger partial charge in [-0.25, -0.2) is 8.78 Å². The Morgan fingerprint density at radius 3 is 2.32 bits per heavy atom. The minimum atomic E-state index is -0.817. The van der Waals surface area contributed by atoms with Crippen molar-refractivity contribution in [1.82, 2.24) is 0 Å². The second-order valence-electron chi connectivity index (χ2n) is 4.66. The first kappa shape index (κ1) is 16.1. The number of hydrogen-bond acceptors (Lipinski definition) is 2. The second kappa shape index (κ2) is 6.96. The van der Waals surface area contributed by atoms with Crippen molar-refractivity contribution in [1.29, 1.82) is 0 Å². The maximum absolute atomic E-state index is 13.6. The summed E-state index contributed by atoms with van der Waals surface area (Å²) in [7, 11) is 0. The molecule has 0 aliphatic carbocycles. The summed E-state index contributed by atoms with van der Waals surface area (Å²) >= 11 is 0. The molecule has 0 fully saturated rings. The first-order valence-corrected chi connectivity index (χ1v) is 6.75. The zero-order valence-electron chi connectivity index (χ0n) is 11.7. The summed E-state index contributed by atoms with van der Waals surface area (Å²) in [6.45, 7) is 6.22. The van der Waals surface area contributed by atoms with Crippen molar-refractivity contribution in [3.8, 4) is 0 Å². The third-order valence-corrected chi connectivity index (χ3v) is 3.66. The fourth-order valence-electron chi connectivity index (χ4n) is 2.39. The highest BCUT2D eigenvalue weighted by Gasteiger charge is 2.35. The number of aliphatic hydroxyl groups excluding tert-OH is 1. The number of rotatable bonds is 7. The van der Waals surface area contributed by atoms with Crippen LogP contribution in [0, 0.1) is 11.6 Å². The third kappa shape index (κ3) is 3.74. The molecule has 0 radical (unpaired) electrons. The Kier molecular flexibility index (Phi) is 5.88. The van der Waals surface area contributed by atoms with Crippen LogP contribution in [-0.4, -0.2) is 23.4 Å². The monoisotopic (exact) mass is 272 g/mol. The van der Waals surface area contributed by atoms with Crippen LogP contribution in [0.25, 0.3) is 0 Å². The van der Waals surface area contributed by atoms with Crippen molar-refractivity contribution < 1.29 is 18.6 Å². The number of halogens is 2. The summed E-state index contributed by atoms with van der Waals surface area (Å²) in [5.41, 5.74) is -0.366. The zero-order chi connectivity index (χ0) is 14.5. The summed E-state index contributed by atoms with van der Waals surface area (Å²) in [5, 5.41) is 10.4. The molecule has 2 nitrogen and oxygen atoms in total. The lowest BCUT2D eigenvalue weighted by molar-refractivity contribution is -0.124. The minimum absolute atomic E-state index is 0.119. The topological polar surface area (TPSA) is 29.5 Å². The molecule has 0 saturated heterocycles. The lowest BCUT2D eigenvalue weighted by atomic mass is 9.86. The maximum atomic E-state index is 13.6. The van der Waals surface area contributed by atoms with E-state index in [2.05, 4.69) is 0 Å². The van der Waals surface area contributed by atoms with Crippen molar-refractivity contribution in [2.24, 2.45) is 0 Å². The van der Waals surface area contributed by atoms with Gasteiger partial charge in [-0.15, -0.1) is 0 Å². The van der Waals surface area contributed by atoms with E-state index in [1.165, 1.54) is 12.1 Å². The molecule has 4 heteroatoms. The van der Waals surface area contributed by atoms with Crippen LogP contribution in [0.15, 0.2) is 18.2 Å². The molecule has 1 rings (SSSR count). The molecule has 0 heterocycles. The van der Waals surface area contributed by atoms with Crippen LogP contribution in [0.3, 0.4) is 0 Å². The smallest absolute Gasteiger partial charge is 0.129 e. The summed E-state index contributed by atoms with van der Waals surface area (Å²) < 4.78 is 32.1. The van der Waals surface area contributed by atoms with Crippen molar-refractivity contribution in [3.05, 3.63) is 35.4 Å². The molecule has 0 saturated carbocycles. The molecule has 1 aromatic rings. The molecule has 19 heavy (non-hydrogen) atoms. The average molecular weight is 272 g/mol. The fraction of sp³-hybridized carbons (Fsp3) is 0.600. The summed E-state index contributed by atoms with van der Waals surface area (Å²) in [4.78, 5) is 0. The van der Waals surface area contributed by atoms with Gasteiger partial charge in [-0.1, -0.05) is 19.9 Å². The molecule has 0 aliphatic heterocycles. The molecule has 1 aromatic carbocycles. The first-order valence-electron chi connectivity index (χ1n) is 6.75. The van der Waals surface area contributed by atoms with E-state index in [1.54, 1.807) is 0 Å². The summed E-state index contributed by atoms with van der Waals surface area (Å²) in [5.74, 6) is -1.24. The molecule has 108 valence electrons. The highest BCUT2D eigenvalue weighted by Crippen LogP contribution is 2.28. The van der Waals surface area contributed by atoms with Crippen LogP contribution in [0.1, 0.15) is 39.2 Å². The summed E-state index contributed by atoms with van der Waals surface area (Å²) in [6, 6.07) is 3.41. The SMILES string of the molecule is CCOC(CC)(CC)C(O)Cc1ccc(F)cc1F. The van der Waals surface area contributed by atoms with Gasteiger partial charge in [0.15, 0.2) is 0 Å². The van der Waals surface area contributed by atoms with E-state index >= 15 is 0 Å². The molecule has 0 aliphatic rings. The molecule has 0 amide bonds. The standard InChI is InChI=1S/C15H22F2O2/c1-4-15(5-2,19-6-3)14(18)9-11-7-8-12(16)10-13(11)17/h7-8,10,14,18H,4-6,9H2,1-3H3. The third-order valence-electron chi connectivity index (χ3n) is 3.66. The quantitative estimate of drug-likeness (QED) is 0.823. The Morgan fingerprint density at radius 1 is 1.21 bits per heavy atom. The van der Waals surface area contributed by atoms with E-state index in [-0.39, 0.29) is 6.42 Å². The van der Waals surface area contributed by atoms with Gasteiger partial charge >= 0.3 is 0 Å². The molecular weight excluding hydrogens is 250 g/mol. The van der Waals surface area contributed by atoms with Crippen LogP contribution in [0.5, 0.6) is 0 Å². The lowest BCUT2D eigenvalue weighted by Crippen LogP contribution is -2.45. The van der Waals surface area contributed by atoms with Crippen molar-refractivity contribution >= 4 is 0 Å². The fourth-order valence-corrected chi connectivity index (χ4v) is 2.39. The minimum Gasteiger partial charge on any atom is -0.390 e. The van der Waals surface area contributed by atoms with Crippen molar-refractivity contribution in [2.75, 3.05) is 6.61 Å². The van der Waals surface area contributed by atoms with Gasteiger partial charge in [0.2, 0.25) is 0 Å². The number of ether oxygens (including phenoxy) is 1. The second-order valence-corrected chi connectivity index (χ2v) is 4.66. The van der Waals surface area contributed by atoms with E-state index in [0.29, 0.717) is 25.0 Å². The maximum Gasteiger partial charge on any atom is 0.129 e. The molecule has 1 unspecified atom stereocenters. The number of aliphatic hydroxyl groups is 1.